The quantitative estimate of drug-likeness (QED) is 0.0460. The molecular formula is C31H37ClN7O9S2+. The molecule has 0 aliphatic carbocycles. The Balaban J connectivity index is 1.11. The van der Waals surface area contributed by atoms with Crippen LogP contribution in [0.4, 0.5) is 0 Å². The van der Waals surface area contributed by atoms with Gasteiger partial charge in [0, 0.05) is 36.3 Å². The van der Waals surface area contributed by atoms with E-state index in [0.29, 0.717) is 48.0 Å². The number of oxime groups is 1. The van der Waals surface area contributed by atoms with Gasteiger partial charge in [0.05, 0.1) is 41.5 Å². The molecule has 3 amide bonds. The summed E-state index contributed by atoms with van der Waals surface area (Å²) in [6.45, 7) is 5.33. The summed E-state index contributed by atoms with van der Waals surface area (Å²) in [5, 5.41) is 38.2. The van der Waals surface area contributed by atoms with E-state index in [0.717, 1.165) is 25.2 Å². The van der Waals surface area contributed by atoms with Crippen LogP contribution in [0.25, 0.3) is 0 Å². The van der Waals surface area contributed by atoms with Crippen molar-refractivity contribution in [3.63, 3.8) is 0 Å². The lowest BCUT2D eigenvalue weighted by Gasteiger charge is -2.56. The number of hydrogen-bond donors (Lipinski definition) is 6. The first-order chi connectivity index (χ1) is 23.6. The molecule has 2 bridgehead atoms. The summed E-state index contributed by atoms with van der Waals surface area (Å²) >= 11 is 8.76. The normalized spacial score (nSPS) is 29.1. The first kappa shape index (κ1) is 35.8. The number of carbonyl (C=O) groups excluding carboxylic acids is 4. The third-order valence-electron chi connectivity index (χ3n) is 10.0. The number of nitrogens with one attached hydrogen (secondary N) is 2. The van der Waals surface area contributed by atoms with E-state index in [4.69, 9.17) is 22.2 Å². The van der Waals surface area contributed by atoms with Gasteiger partial charge in [-0.3, -0.25) is 29.1 Å². The number of nitrogens with zero attached hydrogens (tertiary/aromatic N) is 4. The van der Waals surface area contributed by atoms with E-state index < -0.39 is 63.8 Å². The average Bonchev–Trinajstić information content (AvgIpc) is 3.52. The van der Waals surface area contributed by atoms with Gasteiger partial charge in [-0.05, 0) is 26.0 Å². The molecule has 16 nitrogen and oxygen atoms in total. The number of carbonyl (C=O) groups is 5. The second-order valence-corrected chi connectivity index (χ2v) is 16.1. The summed E-state index contributed by atoms with van der Waals surface area (Å²) in [6.07, 6.45) is 2.74. The highest BCUT2D eigenvalue weighted by molar-refractivity contribution is 8.14. The number of aliphatic imine (C=N–C) groups is 1. The Morgan fingerprint density at radius 1 is 1.24 bits per heavy atom. The van der Waals surface area contributed by atoms with E-state index in [2.05, 4.69) is 20.8 Å². The first-order valence-electron chi connectivity index (χ1n) is 15.9. The topological polar surface area (TPSA) is 233 Å². The molecule has 6 heterocycles. The van der Waals surface area contributed by atoms with Gasteiger partial charge in [0.1, 0.15) is 24.0 Å². The van der Waals surface area contributed by atoms with Gasteiger partial charge in [0.15, 0.2) is 28.7 Å². The number of amidine groups is 1. The van der Waals surface area contributed by atoms with Crippen LogP contribution < -0.4 is 16.4 Å². The number of carboxylic acid groups (broad SMARTS) is 1. The zero-order chi connectivity index (χ0) is 36.2. The number of quaternary nitrogens is 1. The van der Waals surface area contributed by atoms with Crippen molar-refractivity contribution in [1.82, 2.24) is 15.5 Å². The number of aliphatic carboxylic acids is 1. The molecule has 4 saturated heterocycles. The molecule has 7 rings (SSSR count). The second-order valence-electron chi connectivity index (χ2n) is 13.6. The van der Waals surface area contributed by atoms with E-state index in [9.17, 15) is 39.3 Å². The van der Waals surface area contributed by atoms with Crippen molar-refractivity contribution in [2.75, 3.05) is 37.7 Å². The number of amides is 3. The van der Waals surface area contributed by atoms with Crippen LogP contribution in [0, 0.1) is 0 Å². The lowest BCUT2D eigenvalue weighted by molar-refractivity contribution is -0.938. The van der Waals surface area contributed by atoms with Gasteiger partial charge < -0.3 is 41.0 Å². The van der Waals surface area contributed by atoms with E-state index >= 15 is 0 Å². The number of fused-ring (bicyclic) bond motifs is 4. The number of phenolic OH excluding ortho intramolecular Hbond substituents is 2. The largest absolute Gasteiger partial charge is 0.504 e. The fourth-order valence-corrected chi connectivity index (χ4v) is 9.22. The smallest absolute Gasteiger partial charge is 0.350 e. The number of halogens is 1. The van der Waals surface area contributed by atoms with Gasteiger partial charge in [-0.1, -0.05) is 28.5 Å². The molecule has 0 spiro atoms. The van der Waals surface area contributed by atoms with Crippen LogP contribution in [0.2, 0.25) is 5.02 Å². The van der Waals surface area contributed by atoms with Gasteiger partial charge in [0.25, 0.3) is 17.7 Å². The summed E-state index contributed by atoms with van der Waals surface area (Å²) in [6, 6.07) is 0.825. The molecule has 0 saturated carbocycles. The maximum absolute atomic E-state index is 13.4. The van der Waals surface area contributed by atoms with Crippen LogP contribution in [0.15, 0.2) is 33.6 Å². The number of phenols is 2. The Morgan fingerprint density at radius 2 is 1.92 bits per heavy atom. The minimum atomic E-state index is -1.73. The molecule has 3 atom stereocenters. The lowest BCUT2D eigenvalue weighted by atomic mass is 9.77. The highest BCUT2D eigenvalue weighted by atomic mass is 35.5. The molecule has 268 valence electrons. The Hall–Kier alpha value is -4.00. The average molecular weight is 751 g/mol. The van der Waals surface area contributed by atoms with Crippen molar-refractivity contribution in [1.29, 1.82) is 0 Å². The Bertz CT molecular complexity index is 1740. The number of rotatable bonds is 11. The van der Waals surface area contributed by atoms with Crippen molar-refractivity contribution < 1.29 is 48.6 Å². The van der Waals surface area contributed by atoms with Crippen LogP contribution in [0.5, 0.6) is 11.5 Å². The fourth-order valence-electron chi connectivity index (χ4n) is 6.86. The van der Waals surface area contributed by atoms with Gasteiger partial charge >= 0.3 is 5.97 Å². The predicted octanol–water partition coefficient (Wildman–Crippen LogP) is 0.753. The van der Waals surface area contributed by atoms with Gasteiger partial charge in [-0.25, -0.2) is 4.79 Å². The maximum atomic E-state index is 13.4. The molecule has 1 unspecified atom stereocenters. The number of aromatic hydroxyl groups is 2. The molecular weight excluding hydrogens is 714 g/mol. The van der Waals surface area contributed by atoms with Gasteiger partial charge in [-0.2, -0.15) is 0 Å². The summed E-state index contributed by atoms with van der Waals surface area (Å²) in [7, 11) is 0. The molecule has 6 aliphatic rings. The molecule has 0 aromatic heterocycles. The monoisotopic (exact) mass is 750 g/mol. The number of aldehydes is 1. The van der Waals surface area contributed by atoms with Gasteiger partial charge in [0.2, 0.25) is 5.60 Å². The third kappa shape index (κ3) is 6.49. The number of carboxylic acids is 1. The molecule has 4 fully saturated rings. The number of piperidine rings is 3. The summed E-state index contributed by atoms with van der Waals surface area (Å²) < 4.78 is 0.702. The number of nitrogens with two attached hydrogens (primary N) is 1. The van der Waals surface area contributed by atoms with Crippen molar-refractivity contribution in [2.45, 2.75) is 61.7 Å². The Kier molecular flexibility index (Phi) is 9.51. The minimum Gasteiger partial charge on any atom is -0.504 e. The standard InChI is InChI=1S/C31H36ClN7O9S2/c1-30(2,28(46)47)48-37-21(17-14-50-29(33)34-17)25(44)35-22-26(45)38-18(12-40)15(13-49-27(22)38)11-39-8-5-31(6-9-39,7-10-39)36-24(43)16-3-4-19(41)23(42)20(16)32/h3-4,12,17,22,27H,5-11,13-14H2,1-2H3,(H6-,33,34,35,36,37,41,42,43,44,46,47)/p+1/t17?,22-,27-,31?,39?/m1/s1. The molecule has 1 aromatic rings. The van der Waals surface area contributed by atoms with E-state index in [-0.39, 0.29) is 27.2 Å². The zero-order valence-electron chi connectivity index (χ0n) is 27.2. The van der Waals surface area contributed by atoms with Crippen LogP contribution in [-0.4, -0.2) is 132 Å². The molecule has 50 heavy (non-hydrogen) atoms. The maximum Gasteiger partial charge on any atom is 0.350 e. The van der Waals surface area contributed by atoms with E-state index in [1.165, 1.54) is 54.4 Å². The van der Waals surface area contributed by atoms with Gasteiger partial charge in [-0.15, -0.1) is 11.8 Å². The number of thioether (sulfide) groups is 2. The second kappa shape index (κ2) is 13.3. The summed E-state index contributed by atoms with van der Waals surface area (Å²) in [5.41, 5.74) is 4.59. The fraction of sp³-hybridized carbons (Fsp3) is 0.516. The SMILES string of the molecule is CC(C)(O/N=C(\C(=O)N[C@@H]1C(=O)N2C(C=O)=C(C[N+]34CCC(NC(=O)c5ccc(O)c(O)c5Cl)(CC3)CC4)CS[C@H]12)C1CSC(N)=N1)C(=O)O. The number of allylic oxidation sites excluding steroid dienone is 1. The van der Waals surface area contributed by atoms with Crippen LogP contribution >= 0.6 is 35.1 Å². The van der Waals surface area contributed by atoms with Crippen molar-refractivity contribution in [3.8, 4) is 11.5 Å². The molecule has 0 radical (unpaired) electrons. The summed E-state index contributed by atoms with van der Waals surface area (Å²) in [5.74, 6) is -3.14. The molecule has 1 aromatic carbocycles. The lowest BCUT2D eigenvalue weighted by Crippen LogP contribution is -2.72. The zero-order valence-corrected chi connectivity index (χ0v) is 29.6. The minimum absolute atomic E-state index is 0.0752. The molecule has 6 aliphatic heterocycles. The number of benzene rings is 1. The van der Waals surface area contributed by atoms with Crippen molar-refractivity contribution >= 4 is 76.0 Å². The number of β-lactam (4-membered cyclic amide) rings is 1. The number of hydrogen-bond acceptors (Lipinski definition) is 13. The van der Waals surface area contributed by atoms with Crippen molar-refractivity contribution in [3.05, 3.63) is 34.0 Å². The summed E-state index contributed by atoms with van der Waals surface area (Å²) in [4.78, 5) is 74.8. The Labute approximate surface area is 300 Å². The highest BCUT2D eigenvalue weighted by Gasteiger charge is 2.55. The predicted molar refractivity (Wildman–Crippen MR) is 185 cm³/mol. The van der Waals surface area contributed by atoms with E-state index in [1.54, 1.807) is 0 Å². The van der Waals surface area contributed by atoms with Crippen molar-refractivity contribution in [2.24, 2.45) is 15.9 Å². The molecule has 19 heteroatoms. The molecule has 7 N–H and O–H groups in total. The third-order valence-corrected chi connectivity index (χ3v) is 12.6. The van der Waals surface area contributed by atoms with Crippen LogP contribution in [-0.2, 0) is 24.0 Å². The van der Waals surface area contributed by atoms with E-state index in [1.807, 2.05) is 0 Å². The van der Waals surface area contributed by atoms with Crippen LogP contribution in [0.3, 0.4) is 0 Å². The van der Waals surface area contributed by atoms with Crippen LogP contribution in [0.1, 0.15) is 43.5 Å². The highest BCUT2D eigenvalue weighted by Crippen LogP contribution is 2.44. The Morgan fingerprint density at radius 3 is 2.52 bits per heavy atom. The first-order valence-corrected chi connectivity index (χ1v) is 18.3.